The maximum absolute atomic E-state index is 13.9. The Hall–Kier alpha value is -2.24. The van der Waals surface area contributed by atoms with Crippen LogP contribution in [0.1, 0.15) is 17.5 Å². The lowest BCUT2D eigenvalue weighted by Crippen LogP contribution is -2.34. The van der Waals surface area contributed by atoms with Crippen molar-refractivity contribution in [2.75, 3.05) is 13.6 Å². The van der Waals surface area contributed by atoms with E-state index in [1.54, 1.807) is 6.08 Å². The van der Waals surface area contributed by atoms with Gasteiger partial charge in [0.1, 0.15) is 12.5 Å². The lowest BCUT2D eigenvalue weighted by atomic mass is 9.97. The van der Waals surface area contributed by atoms with E-state index in [1.807, 2.05) is 31.3 Å². The fourth-order valence-electron chi connectivity index (χ4n) is 3.23. The number of fused-ring (bicyclic) bond motifs is 1. The molecule has 1 aromatic carbocycles. The number of H-pyrrole nitrogens is 1. The highest BCUT2D eigenvalue weighted by atomic mass is 19.1. The van der Waals surface area contributed by atoms with E-state index < -0.39 is 6.17 Å². The number of aldehydes is 1. The molecule has 4 nitrogen and oxygen atoms in total. The van der Waals surface area contributed by atoms with E-state index in [-0.39, 0.29) is 13.0 Å². The molecule has 3 rings (SSSR count). The topological polar surface area (TPSA) is 65.1 Å². The smallest absolute Gasteiger partial charge is 0.146 e. The Morgan fingerprint density at radius 3 is 2.75 bits per heavy atom. The molecule has 0 radical (unpaired) electrons. The van der Waals surface area contributed by atoms with Crippen LogP contribution in [0.3, 0.4) is 0 Å². The third-order valence-corrected chi connectivity index (χ3v) is 4.41. The van der Waals surface area contributed by atoms with Crippen molar-refractivity contribution in [2.45, 2.75) is 25.6 Å². The van der Waals surface area contributed by atoms with Gasteiger partial charge in [-0.15, -0.1) is 0 Å². The van der Waals surface area contributed by atoms with Crippen molar-refractivity contribution in [1.29, 1.82) is 0 Å². The monoisotopic (exact) mass is 328 g/mol. The molecule has 0 saturated carbocycles. The molecule has 0 amide bonds. The average Bonchev–Trinajstić information content (AvgIpc) is 2.97. The molecule has 5 heteroatoms. The van der Waals surface area contributed by atoms with Crippen LogP contribution < -0.4 is 15.9 Å². The number of hydrogen-bond acceptors (Lipinski definition) is 3. The van der Waals surface area contributed by atoms with Crippen molar-refractivity contribution in [1.82, 2.24) is 10.3 Å². The number of likely N-dealkylation sites (N-methyl/N-ethyl adjacent to an activating group) is 1. The van der Waals surface area contributed by atoms with Gasteiger partial charge in [0.2, 0.25) is 0 Å². The molecule has 1 aromatic heterocycles. The van der Waals surface area contributed by atoms with Gasteiger partial charge >= 0.3 is 0 Å². The fourth-order valence-corrected chi connectivity index (χ4v) is 3.23. The van der Waals surface area contributed by atoms with Crippen LogP contribution in [0.2, 0.25) is 0 Å². The van der Waals surface area contributed by atoms with Gasteiger partial charge in [0, 0.05) is 28.3 Å². The Bertz CT molecular complexity index is 853. The molecular formula is C19H21FN2O2. The lowest BCUT2D eigenvalue weighted by Gasteiger charge is -2.09. The van der Waals surface area contributed by atoms with E-state index in [4.69, 9.17) is 0 Å². The zero-order chi connectivity index (χ0) is 17.1. The van der Waals surface area contributed by atoms with Gasteiger partial charge in [-0.3, -0.25) is 4.79 Å². The highest BCUT2D eigenvalue weighted by Gasteiger charge is 2.19. The number of benzene rings is 1. The first-order chi connectivity index (χ1) is 11.7. The SMILES string of the molecule is CNCCc1c(-c2ccc(CO)cc2)[nH]c2c1=C(C=O)CC(F)C=2. The summed E-state index contributed by atoms with van der Waals surface area (Å²) in [5.74, 6) is 0. The number of nitrogens with one attached hydrogen (secondary N) is 2. The summed E-state index contributed by atoms with van der Waals surface area (Å²) < 4.78 is 13.9. The standard InChI is InChI=1S/C19H21FN2O2/c1-21-7-6-16-18-14(11-24)8-15(20)9-17(18)22-19(16)13-4-2-12(10-23)3-5-13/h2-5,9,11,15,21-23H,6-8,10H2,1H3. The summed E-state index contributed by atoms with van der Waals surface area (Å²) in [5, 5.41) is 13.8. The largest absolute Gasteiger partial charge is 0.392 e. The molecule has 3 N–H and O–H groups in total. The second-order valence-corrected chi connectivity index (χ2v) is 6.01. The third kappa shape index (κ3) is 3.05. The molecule has 24 heavy (non-hydrogen) atoms. The van der Waals surface area contributed by atoms with Crippen molar-refractivity contribution in [3.05, 3.63) is 46.0 Å². The summed E-state index contributed by atoms with van der Waals surface area (Å²) >= 11 is 0. The van der Waals surface area contributed by atoms with Crippen LogP contribution in [0.4, 0.5) is 4.39 Å². The van der Waals surface area contributed by atoms with Crippen molar-refractivity contribution < 1.29 is 14.3 Å². The highest BCUT2D eigenvalue weighted by Crippen LogP contribution is 2.22. The Labute approximate surface area is 139 Å². The second-order valence-electron chi connectivity index (χ2n) is 6.01. The number of carbonyl (C=O) groups excluding carboxylic acids is 1. The number of hydrogen-bond donors (Lipinski definition) is 3. The van der Waals surface area contributed by atoms with Crippen molar-refractivity contribution in [2.24, 2.45) is 0 Å². The van der Waals surface area contributed by atoms with Crippen LogP contribution in [0.5, 0.6) is 0 Å². The number of carbonyl (C=O) groups is 1. The van der Waals surface area contributed by atoms with Gasteiger partial charge < -0.3 is 15.4 Å². The zero-order valence-corrected chi connectivity index (χ0v) is 13.6. The minimum atomic E-state index is -1.14. The van der Waals surface area contributed by atoms with E-state index >= 15 is 0 Å². The first kappa shape index (κ1) is 16.6. The summed E-state index contributed by atoms with van der Waals surface area (Å²) in [6.45, 7) is 0.756. The van der Waals surface area contributed by atoms with E-state index in [2.05, 4.69) is 10.3 Å². The maximum Gasteiger partial charge on any atom is 0.146 e. The van der Waals surface area contributed by atoms with Crippen molar-refractivity contribution >= 4 is 17.9 Å². The third-order valence-electron chi connectivity index (χ3n) is 4.41. The molecule has 1 heterocycles. The first-order valence-electron chi connectivity index (χ1n) is 8.07. The number of rotatable bonds is 6. The molecule has 0 bridgehead atoms. The van der Waals surface area contributed by atoms with Gasteiger partial charge in [-0.1, -0.05) is 24.3 Å². The Morgan fingerprint density at radius 2 is 2.12 bits per heavy atom. The van der Waals surface area contributed by atoms with Crippen LogP contribution in [0.15, 0.2) is 24.3 Å². The van der Waals surface area contributed by atoms with Crippen LogP contribution in [-0.2, 0) is 17.8 Å². The van der Waals surface area contributed by atoms with Gasteiger partial charge in [0.05, 0.1) is 6.61 Å². The summed E-state index contributed by atoms with van der Waals surface area (Å²) in [6, 6.07) is 7.59. The number of aromatic amines is 1. The highest BCUT2D eigenvalue weighted by molar-refractivity contribution is 6.00. The molecular weight excluding hydrogens is 307 g/mol. The Balaban J connectivity index is 2.23. The van der Waals surface area contributed by atoms with Gasteiger partial charge in [-0.2, -0.15) is 0 Å². The predicted octanol–water partition coefficient (Wildman–Crippen LogP) is 0.808. The van der Waals surface area contributed by atoms with E-state index in [0.29, 0.717) is 10.9 Å². The molecule has 1 aliphatic carbocycles. The molecule has 0 spiro atoms. The van der Waals surface area contributed by atoms with Crippen molar-refractivity contribution in [3.8, 4) is 11.3 Å². The lowest BCUT2D eigenvalue weighted by molar-refractivity contribution is -0.103. The zero-order valence-electron chi connectivity index (χ0n) is 13.6. The first-order valence-corrected chi connectivity index (χ1v) is 8.07. The van der Waals surface area contributed by atoms with Crippen molar-refractivity contribution in [3.63, 3.8) is 0 Å². The summed E-state index contributed by atoms with van der Waals surface area (Å²) in [5.41, 5.74) is 4.25. The number of aliphatic hydroxyl groups is 1. The molecule has 1 atom stereocenters. The fraction of sp³-hybridized carbons (Fsp3) is 0.316. The van der Waals surface area contributed by atoms with Gasteiger partial charge in [0.15, 0.2) is 0 Å². The molecule has 1 aliphatic rings. The summed E-state index contributed by atoms with van der Waals surface area (Å²) in [7, 11) is 1.88. The predicted molar refractivity (Wildman–Crippen MR) is 92.5 cm³/mol. The minimum Gasteiger partial charge on any atom is -0.392 e. The van der Waals surface area contributed by atoms with Gasteiger partial charge in [0.25, 0.3) is 0 Å². The number of aromatic nitrogens is 1. The number of aliphatic hydroxyl groups excluding tert-OH is 1. The molecule has 2 aromatic rings. The normalized spacial score (nSPS) is 16.6. The van der Waals surface area contributed by atoms with Crippen LogP contribution in [-0.4, -0.2) is 36.1 Å². The Kier molecular flexibility index (Phi) is 4.92. The van der Waals surface area contributed by atoms with Crippen LogP contribution >= 0.6 is 0 Å². The molecule has 1 unspecified atom stereocenters. The molecule has 126 valence electrons. The molecule has 0 aliphatic heterocycles. The van der Waals surface area contributed by atoms with Crippen LogP contribution in [0.25, 0.3) is 22.9 Å². The minimum absolute atomic E-state index is 0.00546. The second kappa shape index (κ2) is 7.11. The van der Waals surface area contributed by atoms with E-state index in [1.165, 1.54) is 0 Å². The van der Waals surface area contributed by atoms with E-state index in [0.717, 1.165) is 46.9 Å². The number of halogens is 1. The maximum atomic E-state index is 13.9. The van der Waals surface area contributed by atoms with Crippen LogP contribution in [0, 0.1) is 0 Å². The summed E-state index contributed by atoms with van der Waals surface area (Å²) in [4.78, 5) is 14.7. The average molecular weight is 328 g/mol. The molecule has 0 saturated heterocycles. The quantitative estimate of drug-likeness (QED) is 0.688. The van der Waals surface area contributed by atoms with Gasteiger partial charge in [-0.05, 0) is 42.8 Å². The summed E-state index contributed by atoms with van der Waals surface area (Å²) in [6.07, 6.45) is 2.05. The van der Waals surface area contributed by atoms with E-state index in [9.17, 15) is 14.3 Å². The number of alkyl halides is 1. The van der Waals surface area contributed by atoms with Gasteiger partial charge in [-0.25, -0.2) is 4.39 Å². The molecule has 0 fully saturated rings. The Morgan fingerprint density at radius 1 is 1.38 bits per heavy atom.